The van der Waals surface area contributed by atoms with Crippen molar-refractivity contribution in [1.29, 1.82) is 0 Å². The number of hydrogen-bond acceptors (Lipinski definition) is 6. The van der Waals surface area contributed by atoms with E-state index in [4.69, 9.17) is 23.4 Å². The summed E-state index contributed by atoms with van der Waals surface area (Å²) in [7, 11) is -0.545. The van der Waals surface area contributed by atoms with Crippen LogP contribution in [0.5, 0.6) is 0 Å². The summed E-state index contributed by atoms with van der Waals surface area (Å²) in [6.45, 7) is 18.4. The maximum atomic E-state index is 12.3. The number of esters is 1. The third-order valence-corrected chi connectivity index (χ3v) is 11.9. The largest absolute Gasteiger partial charge is 0.467 e. The fourth-order valence-electron chi connectivity index (χ4n) is 4.33. The van der Waals surface area contributed by atoms with Crippen molar-refractivity contribution in [1.82, 2.24) is 0 Å². The zero-order valence-electron chi connectivity index (χ0n) is 21.8. The Hall–Kier alpha value is -0.993. The number of hydrogen-bond donors (Lipinski definition) is 0. The summed E-state index contributed by atoms with van der Waals surface area (Å²) in [6, 6.07) is 0. The van der Waals surface area contributed by atoms with Crippen molar-refractivity contribution in [2.45, 2.75) is 103 Å². The normalized spacial score (nSPS) is 29.8. The third kappa shape index (κ3) is 7.75. The molecular weight excluding hydrogens is 436 g/mol. The van der Waals surface area contributed by atoms with E-state index in [1.165, 1.54) is 7.11 Å². The number of methoxy groups -OCH3 is 1. The SMILES string of the molecule is C=CC[C@@H](O[C@H]1C[C@@H](OC2CCCCO2)[C@H](CO[Si](C)(C)C(C)(C)C)[C@H]1C=CC)C(=O)OC. The second kappa shape index (κ2) is 12.6. The van der Waals surface area contributed by atoms with Crippen LogP contribution < -0.4 is 0 Å². The van der Waals surface area contributed by atoms with E-state index in [0.29, 0.717) is 19.4 Å². The maximum Gasteiger partial charge on any atom is 0.335 e. The highest BCUT2D eigenvalue weighted by Crippen LogP contribution is 2.42. The first-order chi connectivity index (χ1) is 15.5. The first-order valence-corrected chi connectivity index (χ1v) is 15.3. The molecule has 190 valence electrons. The Morgan fingerprint density at radius 3 is 2.52 bits per heavy atom. The van der Waals surface area contributed by atoms with E-state index in [2.05, 4.69) is 52.6 Å². The van der Waals surface area contributed by atoms with E-state index in [9.17, 15) is 4.79 Å². The Morgan fingerprint density at radius 1 is 1.24 bits per heavy atom. The van der Waals surface area contributed by atoms with E-state index in [-0.39, 0.29) is 41.3 Å². The van der Waals surface area contributed by atoms with E-state index >= 15 is 0 Å². The van der Waals surface area contributed by atoms with E-state index in [1.807, 2.05) is 6.92 Å². The second-order valence-corrected chi connectivity index (χ2v) is 15.6. The maximum absolute atomic E-state index is 12.3. The molecule has 1 heterocycles. The van der Waals surface area contributed by atoms with Crippen molar-refractivity contribution in [2.24, 2.45) is 11.8 Å². The van der Waals surface area contributed by atoms with E-state index in [1.54, 1.807) is 6.08 Å². The van der Waals surface area contributed by atoms with Crippen LogP contribution in [-0.2, 0) is 28.2 Å². The molecule has 1 aliphatic heterocycles. The molecule has 1 saturated heterocycles. The number of carbonyl (C=O) groups excluding carboxylic acids is 1. The van der Waals surface area contributed by atoms with Crippen LogP contribution in [0.2, 0.25) is 18.1 Å². The third-order valence-electron chi connectivity index (χ3n) is 7.37. The molecule has 0 N–H and O–H groups in total. The van der Waals surface area contributed by atoms with Crippen molar-refractivity contribution in [3.63, 3.8) is 0 Å². The van der Waals surface area contributed by atoms with Crippen LogP contribution in [0, 0.1) is 11.8 Å². The molecule has 1 saturated carbocycles. The summed E-state index contributed by atoms with van der Waals surface area (Å²) in [6.07, 6.45) is 9.04. The summed E-state index contributed by atoms with van der Waals surface area (Å²) >= 11 is 0. The van der Waals surface area contributed by atoms with Crippen LogP contribution in [-0.4, -0.2) is 59.2 Å². The van der Waals surface area contributed by atoms with Crippen molar-refractivity contribution in [3.8, 4) is 0 Å². The van der Waals surface area contributed by atoms with Gasteiger partial charge in [-0.25, -0.2) is 4.79 Å². The number of ether oxygens (including phenoxy) is 4. The summed E-state index contributed by atoms with van der Waals surface area (Å²) in [5.41, 5.74) is 0. The average molecular weight is 483 g/mol. The molecule has 0 bridgehead atoms. The molecule has 6 atom stereocenters. The smallest absolute Gasteiger partial charge is 0.335 e. The molecule has 2 rings (SSSR count). The summed E-state index contributed by atoms with van der Waals surface area (Å²) in [4.78, 5) is 12.3. The highest BCUT2D eigenvalue weighted by molar-refractivity contribution is 6.74. The van der Waals surface area contributed by atoms with Gasteiger partial charge >= 0.3 is 5.97 Å². The molecule has 2 aliphatic rings. The monoisotopic (exact) mass is 482 g/mol. The molecule has 0 spiro atoms. The Morgan fingerprint density at radius 2 is 1.97 bits per heavy atom. The van der Waals surface area contributed by atoms with Crippen molar-refractivity contribution < 1.29 is 28.2 Å². The molecule has 6 nitrogen and oxygen atoms in total. The lowest BCUT2D eigenvalue weighted by Crippen LogP contribution is -2.44. The molecular formula is C26H46O6Si. The standard InChI is InChI=1S/C26H46O6Si/c1-9-13-19-20(18-30-33(7,8)26(3,4)5)23(32-24-15-11-12-16-29-24)17-22(19)31-21(14-10-2)25(27)28-6/h9-10,13,19-24H,2,11-12,14-18H2,1,3-8H3/t19-,20-,21-,22+,23-,24?/m1/s1. The predicted molar refractivity (Wildman–Crippen MR) is 134 cm³/mol. The van der Waals surface area contributed by atoms with Gasteiger partial charge in [-0.05, 0) is 44.3 Å². The highest BCUT2D eigenvalue weighted by atomic mass is 28.4. The Bertz CT molecular complexity index is 650. The van der Waals surface area contributed by atoms with E-state index in [0.717, 1.165) is 25.9 Å². The van der Waals surface area contributed by atoms with Crippen LogP contribution in [0.1, 0.15) is 59.8 Å². The number of allylic oxidation sites excluding steroid dienone is 1. The molecule has 2 fully saturated rings. The summed E-state index contributed by atoms with van der Waals surface area (Å²) < 4.78 is 30.4. The molecule has 0 aromatic rings. The average Bonchev–Trinajstić information content (AvgIpc) is 3.07. The van der Waals surface area contributed by atoms with Crippen molar-refractivity contribution in [3.05, 3.63) is 24.8 Å². The first kappa shape index (κ1) is 28.2. The fraction of sp³-hybridized carbons (Fsp3) is 0.808. The van der Waals surface area contributed by atoms with Gasteiger partial charge in [-0.3, -0.25) is 0 Å². The quantitative estimate of drug-likeness (QED) is 0.216. The zero-order chi connectivity index (χ0) is 24.6. The predicted octanol–water partition coefficient (Wildman–Crippen LogP) is 5.64. The van der Waals surface area contributed by atoms with Crippen LogP contribution in [0.3, 0.4) is 0 Å². The van der Waals surface area contributed by atoms with Crippen molar-refractivity contribution >= 4 is 14.3 Å². The summed E-state index contributed by atoms with van der Waals surface area (Å²) in [5.74, 6) is -0.179. The molecule has 0 aromatic heterocycles. The van der Waals surface area contributed by atoms with Gasteiger partial charge in [0.25, 0.3) is 0 Å². The lowest BCUT2D eigenvalue weighted by Gasteiger charge is -2.38. The van der Waals surface area contributed by atoms with Gasteiger partial charge in [0.15, 0.2) is 20.7 Å². The van der Waals surface area contributed by atoms with Crippen LogP contribution >= 0.6 is 0 Å². The Labute approximate surface area is 202 Å². The molecule has 0 aromatic carbocycles. The van der Waals surface area contributed by atoms with Gasteiger partial charge < -0.3 is 23.4 Å². The highest BCUT2D eigenvalue weighted by Gasteiger charge is 2.47. The molecule has 33 heavy (non-hydrogen) atoms. The minimum atomic E-state index is -1.94. The van der Waals surface area contributed by atoms with Gasteiger partial charge in [0.05, 0.1) is 19.3 Å². The van der Waals surface area contributed by atoms with Gasteiger partial charge in [-0.15, -0.1) is 6.58 Å². The number of rotatable bonds is 11. The van der Waals surface area contributed by atoms with E-state index < -0.39 is 14.4 Å². The molecule has 1 unspecified atom stereocenters. The van der Waals surface area contributed by atoms with Gasteiger partial charge in [0, 0.05) is 37.9 Å². The number of carbonyl (C=O) groups is 1. The Balaban J connectivity index is 2.26. The van der Waals surface area contributed by atoms with Gasteiger partial charge in [-0.2, -0.15) is 0 Å². The fourth-order valence-corrected chi connectivity index (χ4v) is 5.37. The van der Waals surface area contributed by atoms with Gasteiger partial charge in [0.2, 0.25) is 0 Å². The molecule has 0 amide bonds. The minimum Gasteiger partial charge on any atom is -0.467 e. The van der Waals surface area contributed by atoms with Crippen molar-refractivity contribution in [2.75, 3.05) is 20.3 Å². The lowest BCUT2D eigenvalue weighted by atomic mass is 9.93. The molecule has 1 aliphatic carbocycles. The minimum absolute atomic E-state index is 0.0638. The lowest BCUT2D eigenvalue weighted by molar-refractivity contribution is -0.198. The molecule has 0 radical (unpaired) electrons. The Kier molecular flexibility index (Phi) is 10.8. The van der Waals surface area contributed by atoms with Gasteiger partial charge in [-0.1, -0.05) is 39.0 Å². The van der Waals surface area contributed by atoms with Crippen LogP contribution in [0.4, 0.5) is 0 Å². The van der Waals surface area contributed by atoms with Crippen LogP contribution in [0.25, 0.3) is 0 Å². The second-order valence-electron chi connectivity index (χ2n) is 10.8. The molecule has 7 heteroatoms. The first-order valence-electron chi connectivity index (χ1n) is 12.4. The van der Waals surface area contributed by atoms with Gasteiger partial charge in [0.1, 0.15) is 0 Å². The van der Waals surface area contributed by atoms with Crippen LogP contribution in [0.15, 0.2) is 24.8 Å². The zero-order valence-corrected chi connectivity index (χ0v) is 22.8. The topological polar surface area (TPSA) is 63.2 Å². The summed E-state index contributed by atoms with van der Waals surface area (Å²) in [5, 5.41) is 0.125.